The molecule has 4 aromatic rings. The third-order valence-electron chi connectivity index (χ3n) is 3.29. The summed E-state index contributed by atoms with van der Waals surface area (Å²) in [5, 5.41) is 1.91. The molecular formula is C14H6Cl4N4S. The van der Waals surface area contributed by atoms with Crippen molar-refractivity contribution >= 4 is 80.6 Å². The zero-order valence-corrected chi connectivity index (χ0v) is 15.0. The van der Waals surface area contributed by atoms with Gasteiger partial charge in [0.15, 0.2) is 0 Å². The molecule has 0 bridgehead atoms. The topological polar surface area (TPSA) is 35.6 Å². The van der Waals surface area contributed by atoms with Gasteiger partial charge in [0.2, 0.25) is 0 Å². The van der Waals surface area contributed by atoms with Crippen LogP contribution in [-0.2, 0) is 0 Å². The van der Waals surface area contributed by atoms with Crippen molar-refractivity contribution in [3.63, 3.8) is 0 Å². The van der Waals surface area contributed by atoms with E-state index in [0.29, 0.717) is 20.1 Å². The quantitative estimate of drug-likeness (QED) is 0.414. The second-order valence-electron chi connectivity index (χ2n) is 4.73. The smallest absolute Gasteiger partial charge is 0.108 e. The Hall–Kier alpha value is -1.11. The van der Waals surface area contributed by atoms with Crippen LogP contribution in [0.3, 0.4) is 0 Å². The minimum Gasteiger partial charge on any atom is -0.254 e. The van der Waals surface area contributed by atoms with Crippen LogP contribution in [0.4, 0.5) is 0 Å². The van der Waals surface area contributed by atoms with Gasteiger partial charge in [-0.15, -0.1) is 0 Å². The highest BCUT2D eigenvalue weighted by Gasteiger charge is 2.11. The lowest BCUT2D eigenvalue weighted by atomic mass is 10.3. The van der Waals surface area contributed by atoms with E-state index in [0.717, 1.165) is 22.1 Å². The molecule has 2 aromatic heterocycles. The standard InChI is InChI=1S/C14H6Cl4N4S/c15-7-1-11-13(3-9(7)17)21(5-19-11)23-22-6-20-12-2-8(16)10(18)4-14(12)22/h1-6H. The first-order valence-electron chi connectivity index (χ1n) is 6.36. The molecule has 0 amide bonds. The molecule has 0 saturated heterocycles. The van der Waals surface area contributed by atoms with Gasteiger partial charge in [-0.25, -0.2) is 9.97 Å². The number of imidazole rings is 2. The van der Waals surface area contributed by atoms with E-state index < -0.39 is 0 Å². The fraction of sp³-hybridized carbons (Fsp3) is 0. The molecule has 9 heteroatoms. The van der Waals surface area contributed by atoms with Crippen LogP contribution in [0.1, 0.15) is 0 Å². The molecule has 4 rings (SSSR count). The maximum Gasteiger partial charge on any atom is 0.108 e. The molecule has 4 nitrogen and oxygen atoms in total. The van der Waals surface area contributed by atoms with Crippen LogP contribution in [0.5, 0.6) is 0 Å². The molecule has 0 radical (unpaired) electrons. The van der Waals surface area contributed by atoms with E-state index in [4.69, 9.17) is 46.4 Å². The summed E-state index contributed by atoms with van der Waals surface area (Å²) in [4.78, 5) is 8.66. The lowest BCUT2D eigenvalue weighted by molar-refractivity contribution is 1.20. The second kappa shape index (κ2) is 5.76. The highest BCUT2D eigenvalue weighted by Crippen LogP contribution is 2.32. The number of rotatable bonds is 2. The van der Waals surface area contributed by atoms with Gasteiger partial charge >= 0.3 is 0 Å². The van der Waals surface area contributed by atoms with Gasteiger partial charge in [0, 0.05) is 0 Å². The van der Waals surface area contributed by atoms with Crippen molar-refractivity contribution in [2.75, 3.05) is 0 Å². The van der Waals surface area contributed by atoms with Crippen LogP contribution in [0.15, 0.2) is 36.9 Å². The van der Waals surface area contributed by atoms with Crippen molar-refractivity contribution in [3.05, 3.63) is 57.0 Å². The maximum atomic E-state index is 6.10. The Balaban J connectivity index is 1.82. The van der Waals surface area contributed by atoms with E-state index >= 15 is 0 Å². The minimum atomic E-state index is 0.476. The Kier molecular flexibility index (Phi) is 3.86. The Bertz CT molecular complexity index is 972. The van der Waals surface area contributed by atoms with Gasteiger partial charge in [0.1, 0.15) is 12.7 Å². The Morgan fingerprint density at radius 3 is 1.48 bits per heavy atom. The first-order chi connectivity index (χ1) is 11.0. The predicted octanol–water partition coefficient (Wildman–Crippen LogP) is 5.96. The average Bonchev–Trinajstić information content (AvgIpc) is 3.07. The van der Waals surface area contributed by atoms with E-state index in [9.17, 15) is 0 Å². The van der Waals surface area contributed by atoms with E-state index in [2.05, 4.69) is 9.97 Å². The second-order valence-corrected chi connectivity index (χ2v) is 7.31. The van der Waals surface area contributed by atoms with Crippen molar-refractivity contribution in [2.24, 2.45) is 0 Å². The highest BCUT2D eigenvalue weighted by molar-refractivity contribution is 7.96. The van der Waals surface area contributed by atoms with Crippen LogP contribution in [0, 0.1) is 0 Å². The lowest BCUT2D eigenvalue weighted by Crippen LogP contribution is -1.92. The Morgan fingerprint density at radius 1 is 0.652 bits per heavy atom. The first-order valence-corrected chi connectivity index (χ1v) is 8.60. The fourth-order valence-electron chi connectivity index (χ4n) is 2.19. The van der Waals surface area contributed by atoms with Gasteiger partial charge in [0.05, 0.1) is 54.3 Å². The predicted molar refractivity (Wildman–Crippen MR) is 97.9 cm³/mol. The largest absolute Gasteiger partial charge is 0.254 e. The van der Waals surface area contributed by atoms with Crippen LogP contribution in [-0.4, -0.2) is 17.9 Å². The fourth-order valence-corrected chi connectivity index (χ4v) is 3.66. The van der Waals surface area contributed by atoms with Crippen molar-refractivity contribution in [1.29, 1.82) is 0 Å². The zero-order valence-electron chi connectivity index (χ0n) is 11.2. The van der Waals surface area contributed by atoms with Crippen LogP contribution in [0.25, 0.3) is 22.1 Å². The van der Waals surface area contributed by atoms with Gasteiger partial charge in [-0.2, -0.15) is 0 Å². The molecule has 0 aliphatic rings. The molecule has 0 unspecified atom stereocenters. The first kappa shape index (κ1) is 15.4. The zero-order chi connectivity index (χ0) is 16.1. The molecule has 23 heavy (non-hydrogen) atoms. The van der Waals surface area contributed by atoms with Crippen LogP contribution in [0.2, 0.25) is 20.1 Å². The minimum absolute atomic E-state index is 0.476. The molecule has 2 aromatic carbocycles. The number of hydrogen-bond acceptors (Lipinski definition) is 3. The summed E-state index contributed by atoms with van der Waals surface area (Å²) in [5.74, 6) is 0. The summed E-state index contributed by atoms with van der Waals surface area (Å²) in [5.41, 5.74) is 3.23. The molecule has 0 atom stereocenters. The summed E-state index contributed by atoms with van der Waals surface area (Å²) in [6.07, 6.45) is 3.40. The monoisotopic (exact) mass is 402 g/mol. The number of halogens is 4. The average molecular weight is 404 g/mol. The number of fused-ring (bicyclic) bond motifs is 2. The molecule has 0 N–H and O–H groups in total. The van der Waals surface area contributed by atoms with Gasteiger partial charge in [-0.3, -0.25) is 7.94 Å². The normalized spacial score (nSPS) is 11.7. The van der Waals surface area contributed by atoms with E-state index in [1.54, 1.807) is 36.9 Å². The summed E-state index contributed by atoms with van der Waals surface area (Å²) in [6, 6.07) is 7.03. The van der Waals surface area contributed by atoms with E-state index in [1.807, 2.05) is 7.94 Å². The van der Waals surface area contributed by atoms with Gasteiger partial charge in [0.25, 0.3) is 0 Å². The van der Waals surface area contributed by atoms with Crippen molar-refractivity contribution < 1.29 is 0 Å². The van der Waals surface area contributed by atoms with Gasteiger partial charge in [-0.05, 0) is 24.3 Å². The van der Waals surface area contributed by atoms with Crippen molar-refractivity contribution in [1.82, 2.24) is 17.9 Å². The third-order valence-corrected chi connectivity index (χ3v) is 5.67. The van der Waals surface area contributed by atoms with E-state index in [-0.39, 0.29) is 0 Å². The van der Waals surface area contributed by atoms with Crippen molar-refractivity contribution in [2.45, 2.75) is 0 Å². The number of benzene rings is 2. The van der Waals surface area contributed by atoms with Gasteiger partial charge < -0.3 is 0 Å². The Labute approximate surface area is 155 Å². The molecule has 0 saturated carbocycles. The molecule has 0 aliphatic heterocycles. The highest BCUT2D eigenvalue weighted by atomic mass is 35.5. The lowest BCUT2D eigenvalue weighted by Gasteiger charge is -2.06. The van der Waals surface area contributed by atoms with Crippen LogP contribution < -0.4 is 0 Å². The Morgan fingerprint density at radius 2 is 1.04 bits per heavy atom. The SMILES string of the molecule is Clc1cc2ncn(Sn3cnc4cc(Cl)c(Cl)cc43)c2cc1Cl. The maximum absolute atomic E-state index is 6.10. The summed E-state index contributed by atoms with van der Waals surface area (Å²) in [6.45, 7) is 0. The molecule has 0 fully saturated rings. The number of hydrogen-bond donors (Lipinski definition) is 0. The summed E-state index contributed by atoms with van der Waals surface area (Å²) in [7, 11) is 0. The van der Waals surface area contributed by atoms with Gasteiger partial charge in [-0.1, -0.05) is 46.4 Å². The molecule has 0 aliphatic carbocycles. The van der Waals surface area contributed by atoms with Crippen molar-refractivity contribution in [3.8, 4) is 0 Å². The summed E-state index contributed by atoms with van der Waals surface area (Å²) >= 11 is 25.6. The molecule has 116 valence electrons. The molecule has 0 spiro atoms. The summed E-state index contributed by atoms with van der Waals surface area (Å²) < 4.78 is 3.75. The van der Waals surface area contributed by atoms with Crippen LogP contribution >= 0.6 is 58.5 Å². The third kappa shape index (κ3) is 2.66. The van der Waals surface area contributed by atoms with E-state index in [1.165, 1.54) is 12.1 Å². The number of aromatic nitrogens is 4. The number of nitrogens with zero attached hydrogens (tertiary/aromatic N) is 4. The molecule has 2 heterocycles. The molecular weight excluding hydrogens is 398 g/mol.